The fourth-order valence-corrected chi connectivity index (χ4v) is 10.5. The van der Waals surface area contributed by atoms with Crippen molar-refractivity contribution in [3.8, 4) is 34.5 Å². The minimum absolute atomic E-state index is 0. The molecule has 90 heavy (non-hydrogen) atoms. The van der Waals surface area contributed by atoms with E-state index < -0.39 is 57.2 Å². The molecule has 6 aromatic rings. The number of carbonyl (C=O) groups is 6. The molecule has 6 aliphatic rings. The number of hydrogen-bond acceptors (Lipinski definition) is 27. The van der Waals surface area contributed by atoms with Gasteiger partial charge in [0.05, 0.1) is 35.0 Å². The maximum absolute atomic E-state index is 11.8. The molecule has 0 spiro atoms. The maximum Gasteiger partial charge on any atom is 1.00 e. The second-order valence-electron chi connectivity index (χ2n) is 20.7. The number of hydrogen-bond donors (Lipinski definition) is 6. The van der Waals surface area contributed by atoms with Gasteiger partial charge in [0, 0.05) is 96.1 Å². The molecular weight excluding hydrogens is 1210 g/mol. The summed E-state index contributed by atoms with van der Waals surface area (Å²) in [6, 6.07) is 10.0. The van der Waals surface area contributed by atoms with Crippen molar-refractivity contribution in [2.24, 2.45) is 0 Å². The number of rotatable bonds is 18. The van der Waals surface area contributed by atoms with E-state index in [4.69, 9.17) is 28.2 Å². The molecule has 0 bridgehead atoms. The quantitative estimate of drug-likeness (QED) is 0.0435. The van der Waals surface area contributed by atoms with Crippen molar-refractivity contribution in [2.75, 3.05) is 39.3 Å². The van der Waals surface area contributed by atoms with E-state index in [1.165, 1.54) is 37.2 Å². The molecule has 450 valence electrons. The predicted octanol–water partition coefficient (Wildman–Crippen LogP) is -11.3. The number of nitrogens with zero attached hydrogens (tertiary/aromatic N) is 9. The van der Waals surface area contributed by atoms with E-state index in [1.54, 1.807) is 36.4 Å². The molecule has 0 atom stereocenters. The van der Waals surface area contributed by atoms with Crippen molar-refractivity contribution >= 4 is 57.2 Å². The topological polar surface area (TPSA) is 435 Å². The SMILES string of the molecule is O=C([O-])c1nccnc1CN1CC(Oc2ccc3c(c2C(=O)O)OB(O)CC3)C1.O=C([O-])c1nccnc1CN1CC(Oc2ccc3c(c2C(=O)O)OB(O)CC3)C1.O=C([O-])c1nccnc1CN1CC(Oc2ccc3c(c2C(=O)O)OB(O)CC3)C1.[Na+].[Na+].[Na+]. The van der Waals surface area contributed by atoms with Gasteiger partial charge >= 0.3 is 128 Å². The average Bonchev–Trinajstić information content (AvgIpc) is 2.61. The van der Waals surface area contributed by atoms with Crippen molar-refractivity contribution in [3.05, 3.63) is 141 Å². The van der Waals surface area contributed by atoms with Crippen LogP contribution in [0.15, 0.2) is 73.6 Å². The maximum atomic E-state index is 11.8. The number of aromatic nitrogens is 6. The molecule has 36 heteroatoms. The van der Waals surface area contributed by atoms with Crippen LogP contribution in [0.3, 0.4) is 0 Å². The van der Waals surface area contributed by atoms with Crippen LogP contribution in [0.2, 0.25) is 19.0 Å². The van der Waals surface area contributed by atoms with Crippen LogP contribution in [-0.4, -0.2) is 190 Å². The van der Waals surface area contributed by atoms with Crippen LogP contribution in [0.5, 0.6) is 34.5 Å². The molecule has 0 radical (unpaired) electrons. The van der Waals surface area contributed by atoms with E-state index >= 15 is 0 Å². The van der Waals surface area contributed by atoms with Gasteiger partial charge in [-0.3, -0.25) is 44.6 Å². The molecule has 3 aromatic heterocycles. The first-order chi connectivity index (χ1) is 41.8. The van der Waals surface area contributed by atoms with Crippen LogP contribution < -0.4 is 132 Å². The van der Waals surface area contributed by atoms with Gasteiger partial charge < -0.3 is 88.3 Å². The summed E-state index contributed by atoms with van der Waals surface area (Å²) in [5.74, 6) is -6.80. The number of ether oxygens (including phenoxy) is 3. The van der Waals surface area contributed by atoms with Crippen molar-refractivity contribution in [3.63, 3.8) is 0 Å². The first-order valence-corrected chi connectivity index (χ1v) is 27.2. The third-order valence-electron chi connectivity index (χ3n) is 14.7. The van der Waals surface area contributed by atoms with Gasteiger partial charge in [-0.25, -0.2) is 14.4 Å². The normalized spacial score (nSPS) is 16.0. The van der Waals surface area contributed by atoms with Gasteiger partial charge in [0.2, 0.25) is 0 Å². The summed E-state index contributed by atoms with van der Waals surface area (Å²) in [6.07, 6.45) is 10.1. The van der Waals surface area contributed by atoms with Gasteiger partial charge in [0.25, 0.3) is 0 Å². The summed E-state index contributed by atoms with van der Waals surface area (Å²) in [5.41, 5.74) is 2.14. The molecule has 3 fully saturated rings. The zero-order chi connectivity index (χ0) is 61.6. The number of fused-ring (bicyclic) bond motifs is 3. The minimum atomic E-state index is -1.39. The second kappa shape index (κ2) is 31.7. The monoisotopic (exact) mass is 1260 g/mol. The summed E-state index contributed by atoms with van der Waals surface area (Å²) >= 11 is 0. The first kappa shape index (κ1) is 70.9. The van der Waals surface area contributed by atoms with Crippen molar-refractivity contribution in [1.29, 1.82) is 0 Å². The van der Waals surface area contributed by atoms with Gasteiger partial charge in [-0.2, -0.15) is 0 Å². The van der Waals surface area contributed by atoms with Crippen LogP contribution in [-0.2, 0) is 38.9 Å². The van der Waals surface area contributed by atoms with Gasteiger partial charge in [-0.05, 0) is 73.1 Å². The summed E-state index contributed by atoms with van der Waals surface area (Å²) < 4.78 is 33.5. The van der Waals surface area contributed by atoms with Gasteiger partial charge in [0.1, 0.15) is 86.6 Å². The zero-order valence-corrected chi connectivity index (χ0v) is 54.8. The predicted molar refractivity (Wildman–Crippen MR) is 290 cm³/mol. The molecule has 3 saturated heterocycles. The molecule has 0 saturated carbocycles. The van der Waals surface area contributed by atoms with E-state index in [1.807, 2.05) is 14.7 Å². The number of aromatic carboxylic acids is 6. The van der Waals surface area contributed by atoms with E-state index in [2.05, 4.69) is 29.9 Å². The fourth-order valence-electron chi connectivity index (χ4n) is 10.5. The number of carboxylic acids is 6. The molecule has 3 aromatic carbocycles. The molecule has 12 rings (SSSR count). The van der Waals surface area contributed by atoms with Crippen LogP contribution in [0.1, 0.15) is 96.3 Å². The second-order valence-corrected chi connectivity index (χ2v) is 20.7. The molecule has 0 amide bonds. The zero-order valence-electron chi connectivity index (χ0n) is 48.8. The van der Waals surface area contributed by atoms with E-state index in [0.29, 0.717) is 111 Å². The molecule has 0 aliphatic carbocycles. The number of aryl methyl sites for hydroxylation is 3. The number of benzene rings is 3. The smallest absolute Gasteiger partial charge is 0.543 e. The minimum Gasteiger partial charge on any atom is -0.543 e. The fraction of sp³-hybridized carbons (Fsp3) is 0.333. The Morgan fingerprint density at radius 2 is 0.678 bits per heavy atom. The van der Waals surface area contributed by atoms with Crippen molar-refractivity contribution in [2.45, 2.75) is 76.2 Å². The Kier molecular flexibility index (Phi) is 25.0. The Labute approximate surface area is 579 Å². The van der Waals surface area contributed by atoms with Crippen LogP contribution >= 0.6 is 0 Å². The van der Waals surface area contributed by atoms with Crippen molar-refractivity contribution in [1.82, 2.24) is 44.6 Å². The summed E-state index contributed by atoms with van der Waals surface area (Å²) in [4.78, 5) is 97.8. The molecular formula is C54H51B3N9Na3O21. The van der Waals surface area contributed by atoms with Crippen LogP contribution in [0.4, 0.5) is 0 Å². The third-order valence-corrected chi connectivity index (χ3v) is 14.7. The van der Waals surface area contributed by atoms with E-state index in [9.17, 15) is 74.5 Å². The molecule has 6 aliphatic heterocycles. The van der Waals surface area contributed by atoms with E-state index in [0.717, 1.165) is 0 Å². The van der Waals surface area contributed by atoms with Crippen molar-refractivity contribution < 1.29 is 191 Å². The Balaban J connectivity index is 0.000000189. The Bertz CT molecular complexity index is 3280. The molecule has 6 N–H and O–H groups in total. The Hall–Kier alpha value is -6.53. The summed E-state index contributed by atoms with van der Waals surface area (Å²) in [7, 11) is -3.13. The number of carbonyl (C=O) groups excluding carboxylic acids is 3. The summed E-state index contributed by atoms with van der Waals surface area (Å²) in [5, 5.41) is 91.3. The third kappa shape index (κ3) is 16.9. The number of likely N-dealkylation sites (tertiary alicyclic amines) is 3. The Morgan fingerprint density at radius 1 is 0.433 bits per heavy atom. The van der Waals surface area contributed by atoms with Gasteiger partial charge in [-0.1, -0.05) is 18.2 Å². The molecule has 0 unspecified atom stereocenters. The largest absolute Gasteiger partial charge is 1.00 e. The average molecular weight is 1260 g/mol. The van der Waals surface area contributed by atoms with Gasteiger partial charge in [-0.15, -0.1) is 0 Å². The molecule has 30 nitrogen and oxygen atoms in total. The first-order valence-electron chi connectivity index (χ1n) is 27.2. The van der Waals surface area contributed by atoms with Crippen LogP contribution in [0, 0.1) is 0 Å². The number of carboxylic acid groups (broad SMARTS) is 6. The summed E-state index contributed by atoms with van der Waals surface area (Å²) in [6.45, 7) is 3.56. The van der Waals surface area contributed by atoms with Crippen LogP contribution in [0.25, 0.3) is 0 Å². The standard InChI is InChI=1S/3C18H18BN3O7.3Na/c3*23-17(24)14-13(2-1-10-3-4-19(27)29-16(10)14)28-11-7-22(8-11)9-12-15(18(25)26)21-6-5-20-12;;;/h3*1-2,5-6,11,27H,3-4,7-9H2,(H,23,24)(H,25,26);;;/q;;;3*+1/p-3. The van der Waals surface area contributed by atoms with E-state index in [-0.39, 0.29) is 195 Å². The molecule has 9 heterocycles. The Morgan fingerprint density at radius 3 is 0.911 bits per heavy atom. The van der Waals surface area contributed by atoms with Gasteiger partial charge in [0.15, 0.2) is 0 Å².